The Kier molecular flexibility index (Phi) is 3.31. The average molecular weight is 261 g/mol. The Hall–Kier alpha value is -1.72. The lowest BCUT2D eigenvalue weighted by Crippen LogP contribution is -2.35. The molecule has 4 nitrogen and oxygen atoms in total. The van der Waals surface area contributed by atoms with Gasteiger partial charge in [-0.3, -0.25) is 0 Å². The summed E-state index contributed by atoms with van der Waals surface area (Å²) in [6, 6.07) is 6.73. The summed E-state index contributed by atoms with van der Waals surface area (Å²) in [6.07, 6.45) is 0. The molecule has 1 unspecified atom stereocenters. The van der Waals surface area contributed by atoms with E-state index in [2.05, 4.69) is 15.3 Å². The van der Waals surface area contributed by atoms with Crippen LogP contribution < -0.4 is 5.32 Å². The minimum Gasteiger partial charge on any atom is -0.378 e. The molecule has 3 rings (SSSR count). The molecule has 0 aliphatic carbocycles. The number of morpholine rings is 1. The molecule has 0 saturated carbocycles. The first-order valence-corrected chi connectivity index (χ1v) is 6.38. The van der Waals surface area contributed by atoms with Gasteiger partial charge in [0, 0.05) is 17.8 Å². The third kappa shape index (κ3) is 2.39. The van der Waals surface area contributed by atoms with E-state index in [1.54, 1.807) is 12.1 Å². The number of aryl methyl sites for hydroxylation is 1. The molecule has 0 spiro atoms. The maximum atomic E-state index is 13.8. The first kappa shape index (κ1) is 12.3. The SMILES string of the molecule is Cc1[nH]c(C2COCCN2)nc1-c1ccccc1F. The standard InChI is InChI=1S/C14H16FN3O/c1-9-13(10-4-2-3-5-11(10)15)18-14(17-9)12-8-19-7-6-16-12/h2-5,12,16H,6-8H2,1H3,(H,17,18). The van der Waals surface area contributed by atoms with E-state index < -0.39 is 0 Å². The summed E-state index contributed by atoms with van der Waals surface area (Å²) >= 11 is 0. The zero-order valence-electron chi connectivity index (χ0n) is 10.7. The summed E-state index contributed by atoms with van der Waals surface area (Å²) in [6.45, 7) is 4.02. The molecule has 0 bridgehead atoms. The van der Waals surface area contributed by atoms with Crippen molar-refractivity contribution in [3.05, 3.63) is 41.6 Å². The van der Waals surface area contributed by atoms with Crippen molar-refractivity contribution >= 4 is 0 Å². The van der Waals surface area contributed by atoms with Crippen molar-refractivity contribution in [1.82, 2.24) is 15.3 Å². The van der Waals surface area contributed by atoms with Gasteiger partial charge in [0.15, 0.2) is 0 Å². The van der Waals surface area contributed by atoms with Crippen LogP contribution >= 0.6 is 0 Å². The molecule has 2 N–H and O–H groups in total. The van der Waals surface area contributed by atoms with E-state index in [0.717, 1.165) is 24.7 Å². The van der Waals surface area contributed by atoms with Gasteiger partial charge >= 0.3 is 0 Å². The van der Waals surface area contributed by atoms with E-state index in [1.807, 2.05) is 13.0 Å². The third-order valence-electron chi connectivity index (χ3n) is 3.28. The quantitative estimate of drug-likeness (QED) is 0.871. The fourth-order valence-corrected chi connectivity index (χ4v) is 2.31. The summed E-state index contributed by atoms with van der Waals surface area (Å²) in [7, 11) is 0. The summed E-state index contributed by atoms with van der Waals surface area (Å²) < 4.78 is 19.2. The molecule has 1 fully saturated rings. The van der Waals surface area contributed by atoms with Crippen LogP contribution in [0.25, 0.3) is 11.3 Å². The second-order valence-corrected chi connectivity index (χ2v) is 4.66. The fraction of sp³-hybridized carbons (Fsp3) is 0.357. The molecule has 100 valence electrons. The molecule has 19 heavy (non-hydrogen) atoms. The normalized spacial score (nSPS) is 19.6. The Labute approximate surface area is 111 Å². The first-order chi connectivity index (χ1) is 9.25. The number of nitrogens with zero attached hydrogens (tertiary/aromatic N) is 1. The van der Waals surface area contributed by atoms with E-state index in [4.69, 9.17) is 4.74 Å². The van der Waals surface area contributed by atoms with Crippen molar-refractivity contribution < 1.29 is 9.13 Å². The summed E-state index contributed by atoms with van der Waals surface area (Å²) in [5, 5.41) is 3.33. The number of hydrogen-bond donors (Lipinski definition) is 2. The van der Waals surface area contributed by atoms with E-state index in [1.165, 1.54) is 6.07 Å². The van der Waals surface area contributed by atoms with Gasteiger partial charge in [-0.1, -0.05) is 12.1 Å². The van der Waals surface area contributed by atoms with E-state index in [9.17, 15) is 4.39 Å². The number of nitrogens with one attached hydrogen (secondary N) is 2. The zero-order valence-corrected chi connectivity index (χ0v) is 10.7. The Bertz CT molecular complexity index is 576. The number of hydrogen-bond acceptors (Lipinski definition) is 3. The van der Waals surface area contributed by atoms with Gasteiger partial charge in [0.05, 0.1) is 24.9 Å². The number of aromatic nitrogens is 2. The highest BCUT2D eigenvalue weighted by atomic mass is 19.1. The summed E-state index contributed by atoms with van der Waals surface area (Å²) in [5.41, 5.74) is 2.06. The zero-order chi connectivity index (χ0) is 13.2. The van der Waals surface area contributed by atoms with Gasteiger partial charge in [0.25, 0.3) is 0 Å². The van der Waals surface area contributed by atoms with Gasteiger partial charge in [-0.05, 0) is 19.1 Å². The van der Waals surface area contributed by atoms with Gasteiger partial charge in [-0.2, -0.15) is 0 Å². The van der Waals surface area contributed by atoms with Crippen LogP contribution in [-0.2, 0) is 4.74 Å². The fourth-order valence-electron chi connectivity index (χ4n) is 2.31. The maximum absolute atomic E-state index is 13.8. The first-order valence-electron chi connectivity index (χ1n) is 6.38. The molecule has 2 aromatic rings. The second kappa shape index (κ2) is 5.11. The molecule has 1 aromatic heterocycles. The molecule has 1 aromatic carbocycles. The van der Waals surface area contributed by atoms with Crippen molar-refractivity contribution in [2.75, 3.05) is 19.8 Å². The van der Waals surface area contributed by atoms with E-state index >= 15 is 0 Å². The van der Waals surface area contributed by atoms with Crippen LogP contribution in [0.2, 0.25) is 0 Å². The van der Waals surface area contributed by atoms with Crippen LogP contribution in [0.1, 0.15) is 17.6 Å². The van der Waals surface area contributed by atoms with Gasteiger partial charge < -0.3 is 15.0 Å². The topological polar surface area (TPSA) is 49.9 Å². The van der Waals surface area contributed by atoms with Crippen molar-refractivity contribution in [2.45, 2.75) is 13.0 Å². The van der Waals surface area contributed by atoms with E-state index in [-0.39, 0.29) is 11.9 Å². The number of rotatable bonds is 2. The molecular weight excluding hydrogens is 245 g/mol. The minimum absolute atomic E-state index is 0.0490. The van der Waals surface area contributed by atoms with Crippen LogP contribution in [0.15, 0.2) is 24.3 Å². The highest BCUT2D eigenvalue weighted by molar-refractivity contribution is 5.62. The van der Waals surface area contributed by atoms with Gasteiger partial charge in [0.2, 0.25) is 0 Å². The monoisotopic (exact) mass is 261 g/mol. The Morgan fingerprint density at radius 1 is 1.37 bits per heavy atom. The molecule has 0 radical (unpaired) electrons. The van der Waals surface area contributed by atoms with Crippen LogP contribution in [-0.4, -0.2) is 29.7 Å². The number of benzene rings is 1. The largest absolute Gasteiger partial charge is 0.378 e. The molecule has 1 atom stereocenters. The molecular formula is C14H16FN3O. The predicted molar refractivity (Wildman–Crippen MR) is 70.3 cm³/mol. The third-order valence-corrected chi connectivity index (χ3v) is 3.28. The van der Waals surface area contributed by atoms with Crippen molar-refractivity contribution in [3.63, 3.8) is 0 Å². The number of aromatic amines is 1. The highest BCUT2D eigenvalue weighted by Crippen LogP contribution is 2.26. The molecule has 1 saturated heterocycles. The van der Waals surface area contributed by atoms with Crippen molar-refractivity contribution in [1.29, 1.82) is 0 Å². The van der Waals surface area contributed by atoms with Crippen molar-refractivity contribution in [3.8, 4) is 11.3 Å². The molecule has 1 aliphatic rings. The summed E-state index contributed by atoms with van der Waals surface area (Å²) in [4.78, 5) is 7.75. The lowest BCUT2D eigenvalue weighted by Gasteiger charge is -2.21. The lowest BCUT2D eigenvalue weighted by atomic mass is 10.1. The lowest BCUT2D eigenvalue weighted by molar-refractivity contribution is 0.0745. The number of ether oxygens (including phenoxy) is 1. The van der Waals surface area contributed by atoms with Gasteiger partial charge in [0.1, 0.15) is 11.6 Å². The maximum Gasteiger partial charge on any atom is 0.132 e. The minimum atomic E-state index is -0.253. The molecule has 2 heterocycles. The Balaban J connectivity index is 1.95. The van der Waals surface area contributed by atoms with E-state index in [0.29, 0.717) is 17.9 Å². The number of H-pyrrole nitrogens is 1. The molecule has 5 heteroatoms. The smallest absolute Gasteiger partial charge is 0.132 e. The van der Waals surface area contributed by atoms with Gasteiger partial charge in [-0.25, -0.2) is 9.37 Å². The van der Waals surface area contributed by atoms with Crippen LogP contribution in [0.3, 0.4) is 0 Å². The average Bonchev–Trinajstić information content (AvgIpc) is 2.82. The number of halogens is 1. The van der Waals surface area contributed by atoms with Crippen LogP contribution in [0, 0.1) is 12.7 Å². The van der Waals surface area contributed by atoms with Gasteiger partial charge in [-0.15, -0.1) is 0 Å². The van der Waals surface area contributed by atoms with Crippen molar-refractivity contribution in [2.24, 2.45) is 0 Å². The van der Waals surface area contributed by atoms with Crippen LogP contribution in [0.4, 0.5) is 4.39 Å². The molecule has 0 amide bonds. The predicted octanol–water partition coefficient (Wildman–Crippen LogP) is 2.19. The molecule has 1 aliphatic heterocycles. The Morgan fingerprint density at radius 2 is 2.21 bits per heavy atom. The Morgan fingerprint density at radius 3 is 2.95 bits per heavy atom. The van der Waals surface area contributed by atoms with Crippen LogP contribution in [0.5, 0.6) is 0 Å². The highest BCUT2D eigenvalue weighted by Gasteiger charge is 2.21. The number of imidazole rings is 1. The summed E-state index contributed by atoms with van der Waals surface area (Å²) in [5.74, 6) is 0.548. The second-order valence-electron chi connectivity index (χ2n) is 4.66.